The van der Waals surface area contributed by atoms with E-state index in [1.165, 1.54) is 0 Å². The van der Waals surface area contributed by atoms with Crippen LogP contribution < -0.4 is 16.0 Å². The first-order valence-corrected chi connectivity index (χ1v) is 13.8. The van der Waals surface area contributed by atoms with Gasteiger partial charge < -0.3 is 16.0 Å². The van der Waals surface area contributed by atoms with Crippen molar-refractivity contribution in [3.05, 3.63) is 47.3 Å². The molecule has 0 radical (unpaired) electrons. The number of rotatable bonds is 10. The average Bonchev–Trinajstić information content (AvgIpc) is 3.81. The molecule has 3 aliphatic rings. The van der Waals surface area contributed by atoms with Gasteiger partial charge in [0.2, 0.25) is 11.8 Å². The predicted molar refractivity (Wildman–Crippen MR) is 141 cm³/mol. The molecule has 216 valence electrons. The quantitative estimate of drug-likeness (QED) is 0.410. The summed E-state index contributed by atoms with van der Waals surface area (Å²) in [5.74, 6) is -0.553. The summed E-state index contributed by atoms with van der Waals surface area (Å²) in [4.78, 5) is 41.3. The molecule has 2 aliphatic carbocycles. The lowest BCUT2D eigenvalue weighted by Gasteiger charge is -2.28. The summed E-state index contributed by atoms with van der Waals surface area (Å²) in [5, 5.41) is 12.2. The largest absolute Gasteiger partial charge is 0.405 e. The minimum absolute atomic E-state index is 0.0189. The number of anilines is 1. The van der Waals surface area contributed by atoms with Gasteiger partial charge in [-0.3, -0.25) is 24.0 Å². The Hall–Kier alpha value is -3.41. The van der Waals surface area contributed by atoms with Crippen LogP contribution in [0.25, 0.3) is 0 Å². The first kappa shape index (κ1) is 28.1. The number of carbonyl (C=O) groups excluding carboxylic acids is 3. The number of benzene rings is 1. The van der Waals surface area contributed by atoms with Crippen LogP contribution in [0, 0.1) is 17.8 Å². The second kappa shape index (κ2) is 10.9. The Bertz CT molecular complexity index is 1270. The van der Waals surface area contributed by atoms with Crippen molar-refractivity contribution in [2.24, 2.45) is 17.8 Å². The first-order chi connectivity index (χ1) is 18.9. The smallest absolute Gasteiger partial charge is 0.345 e. The topological polar surface area (TPSA) is 108 Å². The van der Waals surface area contributed by atoms with Crippen LogP contribution in [-0.4, -0.2) is 58.2 Å². The maximum Gasteiger partial charge on any atom is 0.405 e. The van der Waals surface area contributed by atoms with Crippen LogP contribution in [0.4, 0.5) is 18.9 Å². The molecule has 2 saturated carbocycles. The van der Waals surface area contributed by atoms with Crippen molar-refractivity contribution in [1.82, 2.24) is 25.3 Å². The van der Waals surface area contributed by atoms with E-state index in [0.29, 0.717) is 35.3 Å². The zero-order valence-electron chi connectivity index (χ0n) is 22.8. The normalized spacial score (nSPS) is 19.9. The second-order valence-corrected chi connectivity index (χ2v) is 11.5. The van der Waals surface area contributed by atoms with Crippen molar-refractivity contribution < 1.29 is 27.6 Å². The van der Waals surface area contributed by atoms with Crippen LogP contribution >= 0.6 is 0 Å². The Morgan fingerprint density at radius 1 is 1.07 bits per heavy atom. The van der Waals surface area contributed by atoms with Crippen LogP contribution in [0.3, 0.4) is 0 Å². The van der Waals surface area contributed by atoms with E-state index < -0.39 is 30.7 Å². The molecule has 12 heteroatoms. The number of fused-ring (bicyclic) bond motifs is 1. The molecule has 5 rings (SSSR count). The standard InChI is InChI=1S/C28H35F3N6O3/c1-15(2)37-21(10-11-33-37)25(38)35-23(22(16-4-5-16)17-6-7-17)26(39)34-19-8-9-20-18(12-19)13-36(3)24(20)27(40)32-14-28(29,30)31/h8-12,15-17,22-24H,4-7,13-14H2,1-3H3,(H,32,40)(H,34,39)(H,35,38)/t23-,24?/m0/s1. The van der Waals surface area contributed by atoms with E-state index in [-0.39, 0.29) is 23.8 Å². The van der Waals surface area contributed by atoms with Gasteiger partial charge in [-0.25, -0.2) is 0 Å². The lowest BCUT2D eigenvalue weighted by Crippen LogP contribution is -2.50. The molecule has 3 amide bonds. The Morgan fingerprint density at radius 3 is 2.35 bits per heavy atom. The predicted octanol–water partition coefficient (Wildman–Crippen LogP) is 3.80. The molecule has 2 heterocycles. The van der Waals surface area contributed by atoms with E-state index in [2.05, 4.69) is 15.7 Å². The van der Waals surface area contributed by atoms with Crippen LogP contribution in [0.5, 0.6) is 0 Å². The highest BCUT2D eigenvalue weighted by molar-refractivity contribution is 6.01. The lowest BCUT2D eigenvalue weighted by atomic mass is 9.88. The van der Waals surface area contributed by atoms with Crippen LogP contribution in [0.2, 0.25) is 0 Å². The molecule has 2 fully saturated rings. The van der Waals surface area contributed by atoms with E-state index in [4.69, 9.17) is 0 Å². The SMILES string of the molecule is CC(C)n1nccc1C(=O)N[C@H](C(=O)Nc1ccc2c(c1)CN(C)C2C(=O)NCC(F)(F)F)C(C1CC1)C1CC1. The summed E-state index contributed by atoms with van der Waals surface area (Å²) in [6.45, 7) is 2.81. The fourth-order valence-electron chi connectivity index (χ4n) is 5.88. The number of nitrogens with one attached hydrogen (secondary N) is 3. The fraction of sp³-hybridized carbons (Fsp3) is 0.571. The van der Waals surface area contributed by atoms with Gasteiger partial charge in [-0.05, 0) is 93.7 Å². The van der Waals surface area contributed by atoms with Gasteiger partial charge in [-0.2, -0.15) is 18.3 Å². The number of likely N-dealkylation sites (N-methyl/N-ethyl adjacent to an activating group) is 1. The number of carbonyl (C=O) groups is 3. The maximum atomic E-state index is 13.7. The van der Waals surface area contributed by atoms with Gasteiger partial charge in [-0.15, -0.1) is 0 Å². The van der Waals surface area contributed by atoms with Crippen molar-refractivity contribution in [1.29, 1.82) is 0 Å². The zero-order valence-corrected chi connectivity index (χ0v) is 22.8. The molecule has 2 aromatic rings. The Balaban J connectivity index is 1.33. The summed E-state index contributed by atoms with van der Waals surface area (Å²) < 4.78 is 39.5. The van der Waals surface area contributed by atoms with Crippen LogP contribution in [0.1, 0.15) is 73.2 Å². The van der Waals surface area contributed by atoms with E-state index in [0.717, 1.165) is 31.2 Å². The van der Waals surface area contributed by atoms with Gasteiger partial charge in [-0.1, -0.05) is 6.07 Å². The molecule has 1 aromatic carbocycles. The zero-order chi connectivity index (χ0) is 28.8. The first-order valence-electron chi connectivity index (χ1n) is 13.8. The molecule has 40 heavy (non-hydrogen) atoms. The van der Waals surface area contributed by atoms with Gasteiger partial charge in [0.05, 0.1) is 0 Å². The van der Waals surface area contributed by atoms with Gasteiger partial charge in [0.25, 0.3) is 5.91 Å². The monoisotopic (exact) mass is 560 g/mol. The Labute approximate surface area is 230 Å². The third-order valence-electron chi connectivity index (χ3n) is 7.96. The van der Waals surface area contributed by atoms with Gasteiger partial charge in [0, 0.05) is 24.5 Å². The van der Waals surface area contributed by atoms with E-state index in [1.807, 2.05) is 19.2 Å². The minimum atomic E-state index is -4.50. The molecule has 0 saturated heterocycles. The highest BCUT2D eigenvalue weighted by atomic mass is 19.4. The summed E-state index contributed by atoms with van der Waals surface area (Å²) in [6, 6.07) is 5.11. The van der Waals surface area contributed by atoms with Crippen molar-refractivity contribution in [2.75, 3.05) is 18.9 Å². The second-order valence-electron chi connectivity index (χ2n) is 11.5. The van der Waals surface area contributed by atoms with Gasteiger partial charge >= 0.3 is 6.18 Å². The molecule has 2 atom stereocenters. The molecule has 0 bridgehead atoms. The molecular weight excluding hydrogens is 525 g/mol. The number of amides is 3. The number of hydrogen-bond donors (Lipinski definition) is 3. The molecule has 9 nitrogen and oxygen atoms in total. The number of halogens is 3. The molecule has 1 aromatic heterocycles. The summed E-state index contributed by atoms with van der Waals surface area (Å²) in [7, 11) is 1.67. The average molecular weight is 561 g/mol. The molecule has 1 unspecified atom stereocenters. The number of aromatic nitrogens is 2. The Morgan fingerprint density at radius 2 is 1.75 bits per heavy atom. The van der Waals surface area contributed by atoms with Crippen LogP contribution in [-0.2, 0) is 16.1 Å². The van der Waals surface area contributed by atoms with Crippen molar-refractivity contribution in [3.8, 4) is 0 Å². The summed E-state index contributed by atoms with van der Waals surface area (Å²) >= 11 is 0. The van der Waals surface area contributed by atoms with E-state index in [9.17, 15) is 27.6 Å². The highest BCUT2D eigenvalue weighted by Crippen LogP contribution is 2.51. The summed E-state index contributed by atoms with van der Waals surface area (Å²) in [6.07, 6.45) is 1.22. The van der Waals surface area contributed by atoms with Gasteiger partial charge in [0.15, 0.2) is 0 Å². The lowest BCUT2D eigenvalue weighted by molar-refractivity contribution is -0.141. The molecule has 0 spiro atoms. The third kappa shape index (κ3) is 6.16. The number of alkyl halides is 3. The van der Waals surface area contributed by atoms with Crippen molar-refractivity contribution in [2.45, 2.75) is 70.4 Å². The summed E-state index contributed by atoms with van der Waals surface area (Å²) in [5.41, 5.74) is 2.24. The Kier molecular flexibility index (Phi) is 7.64. The number of hydrogen-bond acceptors (Lipinski definition) is 5. The molecule has 1 aliphatic heterocycles. The number of nitrogens with zero attached hydrogens (tertiary/aromatic N) is 3. The van der Waals surface area contributed by atoms with E-state index >= 15 is 0 Å². The molecule has 3 N–H and O–H groups in total. The maximum absolute atomic E-state index is 13.7. The van der Waals surface area contributed by atoms with Crippen LogP contribution in [0.15, 0.2) is 30.5 Å². The molecular formula is C28H35F3N6O3. The van der Waals surface area contributed by atoms with E-state index in [1.54, 1.807) is 47.1 Å². The van der Waals surface area contributed by atoms with Crippen molar-refractivity contribution in [3.63, 3.8) is 0 Å². The van der Waals surface area contributed by atoms with Gasteiger partial charge in [0.1, 0.15) is 24.3 Å². The minimum Gasteiger partial charge on any atom is -0.345 e. The third-order valence-corrected chi connectivity index (χ3v) is 7.96. The highest BCUT2D eigenvalue weighted by Gasteiger charge is 2.48. The van der Waals surface area contributed by atoms with Crippen molar-refractivity contribution >= 4 is 23.4 Å². The fourth-order valence-corrected chi connectivity index (χ4v) is 5.88.